The van der Waals surface area contributed by atoms with Gasteiger partial charge < -0.3 is 19.5 Å². The molecule has 4 aromatic carbocycles. The maximum atomic E-state index is 13.7. The molecule has 228 valence electrons. The molecular weight excluding hydrogens is 589 g/mol. The van der Waals surface area contributed by atoms with Gasteiger partial charge in [-0.3, -0.25) is 0 Å². The lowest BCUT2D eigenvalue weighted by Gasteiger charge is -2.37. The quantitative estimate of drug-likeness (QED) is 0.215. The number of hydrogen-bond donors (Lipinski definition) is 1. The van der Waals surface area contributed by atoms with Gasteiger partial charge in [-0.05, 0) is 67.1 Å². The second kappa shape index (κ2) is 12.0. The fraction of sp³-hybridized carbons (Fsp3) is 0.242. The normalized spacial score (nSPS) is 16.6. The molecule has 0 bridgehead atoms. The van der Waals surface area contributed by atoms with Gasteiger partial charge in [0.2, 0.25) is 9.84 Å². The Kier molecular flexibility index (Phi) is 8.08. The van der Waals surface area contributed by atoms with E-state index >= 15 is 0 Å². The predicted molar refractivity (Wildman–Crippen MR) is 163 cm³/mol. The second-order valence-corrected chi connectivity index (χ2v) is 12.8. The van der Waals surface area contributed by atoms with Crippen LogP contribution in [0.4, 0.5) is 18.9 Å². The molecule has 1 aromatic heterocycles. The largest absolute Gasteiger partial charge is 0.483 e. The van der Waals surface area contributed by atoms with Gasteiger partial charge in [0.25, 0.3) is 0 Å². The molecule has 0 spiro atoms. The number of piperazine rings is 1. The first-order valence-corrected chi connectivity index (χ1v) is 15.8. The molecule has 0 radical (unpaired) electrons. The Bertz CT molecular complexity index is 1850. The molecular formula is C33H31F3N4O3S. The summed E-state index contributed by atoms with van der Waals surface area (Å²) in [6.45, 7) is 3.44. The number of nitrogens with one attached hydrogen (secondary N) is 1. The number of benzene rings is 4. The molecule has 7 nitrogen and oxygen atoms in total. The highest BCUT2D eigenvalue weighted by molar-refractivity contribution is 7.92. The lowest BCUT2D eigenvalue weighted by atomic mass is 10.1. The van der Waals surface area contributed by atoms with Crippen LogP contribution in [0, 0.1) is 0 Å². The van der Waals surface area contributed by atoms with Gasteiger partial charge in [0, 0.05) is 31.9 Å². The monoisotopic (exact) mass is 620 g/mol. The van der Waals surface area contributed by atoms with Gasteiger partial charge in [0.05, 0.1) is 21.5 Å². The SMILES string of the molecule is CC(Oc1ccccc1)c1nc2ccc(N3CCNCC3S(=O)(=O)c3ccccc3)cc2n1Cc1ccc(C(F)(F)F)cc1. The maximum Gasteiger partial charge on any atom is 0.416 e. The maximum absolute atomic E-state index is 13.7. The summed E-state index contributed by atoms with van der Waals surface area (Å²) >= 11 is 0. The van der Waals surface area contributed by atoms with E-state index in [9.17, 15) is 21.6 Å². The molecule has 1 N–H and O–H groups in total. The second-order valence-electron chi connectivity index (χ2n) is 10.7. The lowest BCUT2D eigenvalue weighted by molar-refractivity contribution is -0.137. The Hall–Kier alpha value is -4.35. The number of imidazole rings is 1. The summed E-state index contributed by atoms with van der Waals surface area (Å²) in [7, 11) is -3.70. The van der Waals surface area contributed by atoms with Crippen LogP contribution in [0.2, 0.25) is 0 Å². The lowest BCUT2D eigenvalue weighted by Crippen LogP contribution is -2.55. The number of sulfone groups is 1. The topological polar surface area (TPSA) is 76.5 Å². The van der Waals surface area contributed by atoms with E-state index in [1.807, 2.05) is 64.9 Å². The molecule has 2 heterocycles. The number of alkyl halides is 3. The molecule has 1 aliphatic rings. The van der Waals surface area contributed by atoms with E-state index in [1.165, 1.54) is 12.1 Å². The van der Waals surface area contributed by atoms with E-state index in [2.05, 4.69) is 5.32 Å². The minimum atomic E-state index is -4.43. The van der Waals surface area contributed by atoms with Crippen molar-refractivity contribution in [3.8, 4) is 5.75 Å². The number of nitrogens with zero attached hydrogens (tertiary/aromatic N) is 3. The standard InChI is InChI=1S/C33H31F3N4O3S/c1-23(43-27-8-4-2-5-9-27)32-38-29-17-16-26(20-30(29)40(32)22-24-12-14-25(15-13-24)33(34,35)36)39-19-18-37-21-31(39)44(41,42)28-10-6-3-7-11-28/h2-17,20,23,31,37H,18-19,21-22H2,1H3. The van der Waals surface area contributed by atoms with Crippen molar-refractivity contribution in [1.82, 2.24) is 14.9 Å². The Morgan fingerprint density at radius 2 is 1.64 bits per heavy atom. The third kappa shape index (κ3) is 6.02. The van der Waals surface area contributed by atoms with E-state index in [1.54, 1.807) is 30.3 Å². The number of para-hydroxylation sites is 1. The Labute approximate surface area is 253 Å². The number of fused-ring (bicyclic) bond motifs is 1. The Balaban J connectivity index is 1.41. The molecule has 5 aromatic rings. The van der Waals surface area contributed by atoms with Crippen LogP contribution in [-0.4, -0.2) is 43.0 Å². The van der Waals surface area contributed by atoms with Crippen molar-refractivity contribution in [2.24, 2.45) is 0 Å². The van der Waals surface area contributed by atoms with E-state index in [0.29, 0.717) is 41.4 Å². The van der Waals surface area contributed by atoms with Gasteiger partial charge in [-0.1, -0.05) is 48.5 Å². The van der Waals surface area contributed by atoms with Crippen LogP contribution in [-0.2, 0) is 22.6 Å². The van der Waals surface area contributed by atoms with Crippen LogP contribution in [0.3, 0.4) is 0 Å². The van der Waals surface area contributed by atoms with Crippen LogP contribution >= 0.6 is 0 Å². The highest BCUT2D eigenvalue weighted by Crippen LogP contribution is 2.33. The molecule has 6 rings (SSSR count). The summed E-state index contributed by atoms with van der Waals surface area (Å²) in [5.74, 6) is 1.25. The number of hydrogen-bond acceptors (Lipinski definition) is 6. The molecule has 0 amide bonds. The van der Waals surface area contributed by atoms with Crippen LogP contribution < -0.4 is 15.0 Å². The minimum Gasteiger partial charge on any atom is -0.483 e. The van der Waals surface area contributed by atoms with Crippen molar-refractivity contribution < 1.29 is 26.3 Å². The number of halogens is 3. The highest BCUT2D eigenvalue weighted by Gasteiger charge is 2.35. The Morgan fingerprint density at radius 1 is 0.955 bits per heavy atom. The zero-order valence-electron chi connectivity index (χ0n) is 23.9. The van der Waals surface area contributed by atoms with Crippen LogP contribution in [0.25, 0.3) is 11.0 Å². The van der Waals surface area contributed by atoms with Crippen molar-refractivity contribution in [2.75, 3.05) is 24.5 Å². The van der Waals surface area contributed by atoms with Gasteiger partial charge >= 0.3 is 6.18 Å². The number of anilines is 1. The third-order valence-electron chi connectivity index (χ3n) is 7.76. The molecule has 1 aliphatic heterocycles. The molecule has 2 unspecified atom stereocenters. The average molecular weight is 621 g/mol. The van der Waals surface area contributed by atoms with Gasteiger partial charge in [-0.25, -0.2) is 13.4 Å². The third-order valence-corrected chi connectivity index (χ3v) is 9.83. The van der Waals surface area contributed by atoms with E-state index in [-0.39, 0.29) is 18.0 Å². The van der Waals surface area contributed by atoms with Gasteiger partial charge in [0.1, 0.15) is 11.1 Å². The summed E-state index contributed by atoms with van der Waals surface area (Å²) in [6.07, 6.45) is -4.92. The fourth-order valence-corrected chi connectivity index (χ4v) is 7.29. The summed E-state index contributed by atoms with van der Waals surface area (Å²) in [4.78, 5) is 7.01. The predicted octanol–water partition coefficient (Wildman–Crippen LogP) is 6.45. The molecule has 1 saturated heterocycles. The number of aromatic nitrogens is 2. The van der Waals surface area contributed by atoms with Gasteiger partial charge in [-0.15, -0.1) is 0 Å². The van der Waals surface area contributed by atoms with Gasteiger partial charge in [0.15, 0.2) is 11.9 Å². The first kappa shape index (κ1) is 29.7. The van der Waals surface area contributed by atoms with Crippen molar-refractivity contribution in [3.63, 3.8) is 0 Å². The molecule has 0 aliphatic carbocycles. The zero-order valence-corrected chi connectivity index (χ0v) is 24.7. The smallest absolute Gasteiger partial charge is 0.416 e. The van der Waals surface area contributed by atoms with Crippen molar-refractivity contribution in [2.45, 2.75) is 36.0 Å². The molecule has 2 atom stereocenters. The molecule has 0 saturated carbocycles. The van der Waals surface area contributed by atoms with Gasteiger partial charge in [-0.2, -0.15) is 13.2 Å². The van der Waals surface area contributed by atoms with E-state index < -0.39 is 33.1 Å². The molecule has 44 heavy (non-hydrogen) atoms. The zero-order chi connectivity index (χ0) is 30.9. The summed E-state index contributed by atoms with van der Waals surface area (Å²) in [6, 6.07) is 28.4. The van der Waals surface area contributed by atoms with E-state index in [4.69, 9.17) is 9.72 Å². The Morgan fingerprint density at radius 3 is 2.32 bits per heavy atom. The summed E-state index contributed by atoms with van der Waals surface area (Å²) in [5.41, 5.74) is 2.03. The van der Waals surface area contributed by atoms with E-state index in [0.717, 1.165) is 17.6 Å². The summed E-state index contributed by atoms with van der Waals surface area (Å²) < 4.78 is 75.3. The van der Waals surface area contributed by atoms with Crippen molar-refractivity contribution >= 4 is 26.6 Å². The first-order chi connectivity index (χ1) is 21.1. The number of ether oxygens (including phenoxy) is 1. The van der Waals surface area contributed by atoms with Crippen LogP contribution in [0.1, 0.15) is 30.0 Å². The van der Waals surface area contributed by atoms with Crippen LogP contribution in [0.15, 0.2) is 108 Å². The fourth-order valence-electron chi connectivity index (χ4n) is 5.54. The average Bonchev–Trinajstić information content (AvgIpc) is 3.39. The number of rotatable bonds is 8. The first-order valence-electron chi connectivity index (χ1n) is 14.3. The van der Waals surface area contributed by atoms with Crippen molar-refractivity contribution in [1.29, 1.82) is 0 Å². The highest BCUT2D eigenvalue weighted by atomic mass is 32.2. The van der Waals surface area contributed by atoms with Crippen molar-refractivity contribution in [3.05, 3.63) is 120 Å². The van der Waals surface area contributed by atoms with Crippen LogP contribution in [0.5, 0.6) is 5.75 Å². The summed E-state index contributed by atoms with van der Waals surface area (Å²) in [5, 5.41) is 2.38. The molecule has 1 fully saturated rings. The molecule has 11 heteroatoms. The minimum absolute atomic E-state index is 0.239.